The second-order valence-electron chi connectivity index (χ2n) is 3.19. The second kappa shape index (κ2) is 5.14. The van der Waals surface area contributed by atoms with Crippen molar-refractivity contribution in [2.24, 2.45) is 0 Å². The smallest absolute Gasteiger partial charge is 0.149 e. The van der Waals surface area contributed by atoms with Gasteiger partial charge in [-0.3, -0.25) is 0 Å². The van der Waals surface area contributed by atoms with E-state index in [-0.39, 0.29) is 0 Å². The van der Waals surface area contributed by atoms with E-state index in [9.17, 15) is 0 Å². The molecule has 0 radical (unpaired) electrons. The van der Waals surface area contributed by atoms with Gasteiger partial charge in [-0.15, -0.1) is 11.3 Å². The highest BCUT2D eigenvalue weighted by molar-refractivity contribution is 7.09. The van der Waals surface area contributed by atoms with Crippen LogP contribution in [0.25, 0.3) is 0 Å². The van der Waals surface area contributed by atoms with Crippen LogP contribution in [-0.4, -0.2) is 16.5 Å². The average Bonchev–Trinajstić information content (AvgIpc) is 2.74. The van der Waals surface area contributed by atoms with Crippen LogP contribution in [0.5, 0.6) is 0 Å². The molecule has 0 unspecified atom stereocenters. The van der Waals surface area contributed by atoms with E-state index in [1.165, 1.54) is 0 Å². The van der Waals surface area contributed by atoms with E-state index in [1.54, 1.807) is 29.8 Å². The van der Waals surface area contributed by atoms with Gasteiger partial charge >= 0.3 is 0 Å². The van der Waals surface area contributed by atoms with E-state index in [0.717, 1.165) is 18.0 Å². The Morgan fingerprint density at radius 3 is 3.00 bits per heavy atom. The predicted octanol–water partition coefficient (Wildman–Crippen LogP) is 2.43. The molecule has 0 saturated heterocycles. The van der Waals surface area contributed by atoms with Gasteiger partial charge in [-0.1, -0.05) is 11.6 Å². The fourth-order valence-electron chi connectivity index (χ4n) is 1.27. The quantitative estimate of drug-likeness (QED) is 0.880. The van der Waals surface area contributed by atoms with Crippen molar-refractivity contribution in [3.8, 4) is 0 Å². The molecular formula is C10H11ClN4S. The lowest BCUT2D eigenvalue weighted by Crippen LogP contribution is -2.08. The van der Waals surface area contributed by atoms with Crippen molar-refractivity contribution in [2.75, 3.05) is 17.6 Å². The lowest BCUT2D eigenvalue weighted by Gasteiger charge is -2.07. The van der Waals surface area contributed by atoms with Crippen molar-refractivity contribution in [2.45, 2.75) is 6.42 Å². The second-order valence-corrected chi connectivity index (χ2v) is 4.61. The number of anilines is 2. The fraction of sp³-hybridized carbons (Fsp3) is 0.200. The van der Waals surface area contributed by atoms with Crippen LogP contribution in [0.15, 0.2) is 23.8 Å². The first-order chi connectivity index (χ1) is 7.75. The average molecular weight is 255 g/mol. The highest BCUT2D eigenvalue weighted by atomic mass is 35.5. The van der Waals surface area contributed by atoms with Gasteiger partial charge < -0.3 is 11.1 Å². The molecule has 0 aliphatic heterocycles. The number of rotatable bonds is 4. The Balaban J connectivity index is 1.90. The molecule has 4 nitrogen and oxygen atoms in total. The minimum Gasteiger partial charge on any atom is -0.396 e. The molecule has 2 heterocycles. The molecule has 0 aliphatic rings. The van der Waals surface area contributed by atoms with Crippen LogP contribution >= 0.6 is 22.9 Å². The number of hydrogen-bond acceptors (Lipinski definition) is 5. The lowest BCUT2D eigenvalue weighted by atomic mass is 10.3. The van der Waals surface area contributed by atoms with Gasteiger partial charge in [0, 0.05) is 30.7 Å². The zero-order chi connectivity index (χ0) is 11.4. The van der Waals surface area contributed by atoms with Gasteiger partial charge in [-0.25, -0.2) is 9.97 Å². The molecule has 0 fully saturated rings. The molecule has 0 spiro atoms. The maximum Gasteiger partial charge on any atom is 0.149 e. The summed E-state index contributed by atoms with van der Waals surface area (Å²) in [5.74, 6) is 0.668. The highest BCUT2D eigenvalue weighted by Crippen LogP contribution is 2.19. The van der Waals surface area contributed by atoms with Gasteiger partial charge in [0.2, 0.25) is 0 Å². The predicted molar refractivity (Wildman–Crippen MR) is 68.0 cm³/mol. The summed E-state index contributed by atoms with van der Waals surface area (Å²) in [6.07, 6.45) is 4.24. The zero-order valence-electron chi connectivity index (χ0n) is 8.48. The third-order valence-corrected chi connectivity index (χ3v) is 3.04. The fourth-order valence-corrected chi connectivity index (χ4v) is 2.05. The Kier molecular flexibility index (Phi) is 3.58. The monoisotopic (exact) mass is 254 g/mol. The highest BCUT2D eigenvalue weighted by Gasteiger charge is 2.01. The first kappa shape index (κ1) is 11.2. The molecule has 16 heavy (non-hydrogen) atoms. The van der Waals surface area contributed by atoms with E-state index < -0.39 is 0 Å². The molecule has 84 valence electrons. The van der Waals surface area contributed by atoms with Gasteiger partial charge in [0.05, 0.1) is 15.7 Å². The summed E-state index contributed by atoms with van der Waals surface area (Å²) >= 11 is 7.39. The van der Waals surface area contributed by atoms with Crippen LogP contribution < -0.4 is 11.1 Å². The third kappa shape index (κ3) is 2.84. The third-order valence-electron chi connectivity index (χ3n) is 2.00. The molecule has 6 heteroatoms. The number of halogens is 1. The number of nitrogens with one attached hydrogen (secondary N) is 1. The Labute approximate surface area is 102 Å². The first-order valence-corrected chi connectivity index (χ1v) is 6.05. The summed E-state index contributed by atoms with van der Waals surface area (Å²) < 4.78 is 0. The first-order valence-electron chi connectivity index (χ1n) is 4.79. The molecular weight excluding hydrogens is 244 g/mol. The minimum absolute atomic E-state index is 0.544. The van der Waals surface area contributed by atoms with Crippen LogP contribution in [0.1, 0.15) is 5.01 Å². The topological polar surface area (TPSA) is 63.8 Å². The number of thiazole rings is 1. The Hall–Kier alpha value is -1.33. The molecule has 0 aliphatic carbocycles. The van der Waals surface area contributed by atoms with E-state index in [0.29, 0.717) is 16.5 Å². The number of aromatic nitrogens is 2. The molecule has 0 saturated carbocycles. The van der Waals surface area contributed by atoms with Gasteiger partial charge in [0.25, 0.3) is 0 Å². The lowest BCUT2D eigenvalue weighted by molar-refractivity contribution is 0.988. The molecule has 3 N–H and O–H groups in total. The Morgan fingerprint density at radius 1 is 1.44 bits per heavy atom. The number of pyridine rings is 1. The largest absolute Gasteiger partial charge is 0.396 e. The zero-order valence-corrected chi connectivity index (χ0v) is 10.1. The summed E-state index contributed by atoms with van der Waals surface area (Å²) in [6.45, 7) is 0.756. The summed E-state index contributed by atoms with van der Waals surface area (Å²) in [4.78, 5) is 8.30. The number of nitrogen functional groups attached to an aromatic ring is 1. The summed E-state index contributed by atoms with van der Waals surface area (Å²) in [7, 11) is 0. The van der Waals surface area contributed by atoms with Gasteiger partial charge in [-0.05, 0) is 6.07 Å². The molecule has 0 atom stereocenters. The molecule has 0 aromatic carbocycles. The molecule has 0 bridgehead atoms. The SMILES string of the molecule is Nc1cc(Cl)cnc1NCCc1nccs1. The number of hydrogen-bond donors (Lipinski definition) is 2. The Morgan fingerprint density at radius 2 is 2.31 bits per heavy atom. The Bertz CT molecular complexity index is 458. The van der Waals surface area contributed by atoms with Crippen molar-refractivity contribution in [1.29, 1.82) is 0 Å². The summed E-state index contributed by atoms with van der Waals surface area (Å²) in [5.41, 5.74) is 6.32. The molecule has 2 aromatic rings. The standard InChI is InChI=1S/C10H11ClN4S/c11-7-5-8(12)10(15-6-7)14-2-1-9-13-3-4-16-9/h3-6H,1-2,12H2,(H,14,15). The normalized spacial score (nSPS) is 10.3. The van der Waals surface area contributed by atoms with Crippen LogP contribution in [0.3, 0.4) is 0 Å². The van der Waals surface area contributed by atoms with Gasteiger partial charge in [0.15, 0.2) is 0 Å². The van der Waals surface area contributed by atoms with Crippen molar-refractivity contribution in [3.63, 3.8) is 0 Å². The van der Waals surface area contributed by atoms with E-state index in [2.05, 4.69) is 15.3 Å². The van der Waals surface area contributed by atoms with Crippen molar-refractivity contribution >= 4 is 34.4 Å². The molecule has 2 rings (SSSR count). The van der Waals surface area contributed by atoms with Crippen LogP contribution in [-0.2, 0) is 6.42 Å². The summed E-state index contributed by atoms with van der Waals surface area (Å²) in [5, 5.41) is 6.75. The van der Waals surface area contributed by atoms with E-state index in [4.69, 9.17) is 17.3 Å². The van der Waals surface area contributed by atoms with Crippen LogP contribution in [0.2, 0.25) is 5.02 Å². The van der Waals surface area contributed by atoms with Crippen molar-refractivity contribution in [1.82, 2.24) is 9.97 Å². The van der Waals surface area contributed by atoms with E-state index in [1.807, 2.05) is 5.38 Å². The maximum atomic E-state index is 5.76. The summed E-state index contributed by atoms with van der Waals surface area (Å²) in [6, 6.07) is 1.68. The van der Waals surface area contributed by atoms with Gasteiger partial charge in [-0.2, -0.15) is 0 Å². The number of nitrogens with zero attached hydrogens (tertiary/aromatic N) is 2. The number of nitrogens with two attached hydrogens (primary N) is 1. The molecule has 0 amide bonds. The van der Waals surface area contributed by atoms with Crippen molar-refractivity contribution < 1.29 is 0 Å². The van der Waals surface area contributed by atoms with Gasteiger partial charge in [0.1, 0.15) is 5.82 Å². The minimum atomic E-state index is 0.544. The van der Waals surface area contributed by atoms with E-state index >= 15 is 0 Å². The maximum absolute atomic E-state index is 5.76. The van der Waals surface area contributed by atoms with Crippen LogP contribution in [0, 0.1) is 0 Å². The van der Waals surface area contributed by atoms with Crippen LogP contribution in [0.4, 0.5) is 11.5 Å². The molecule has 2 aromatic heterocycles. The van der Waals surface area contributed by atoms with Crippen molar-refractivity contribution in [3.05, 3.63) is 33.9 Å².